The third-order valence-electron chi connectivity index (χ3n) is 1.63. The number of hydrogen-bond acceptors (Lipinski definition) is 2. The summed E-state index contributed by atoms with van der Waals surface area (Å²) in [6.45, 7) is 0. The van der Waals surface area contributed by atoms with E-state index in [4.69, 9.17) is 16.9 Å². The Balaban J connectivity index is 2.68. The number of halogens is 1. The molecule has 2 nitrogen and oxygen atoms in total. The first-order chi connectivity index (χ1) is 6.24. The minimum Gasteiger partial charge on any atom is -0.294 e. The molecule has 0 aliphatic carbocycles. The van der Waals surface area contributed by atoms with Crippen LogP contribution in [0.5, 0.6) is 0 Å². The molecule has 0 unspecified atom stereocenters. The van der Waals surface area contributed by atoms with Crippen LogP contribution in [0, 0.1) is 11.3 Å². The number of nitrogens with zero attached hydrogens (tertiary/aromatic N) is 1. The third-order valence-corrected chi connectivity index (χ3v) is 1.88. The lowest BCUT2D eigenvalue weighted by molar-refractivity contribution is 0.0984. The molecule has 0 radical (unpaired) electrons. The van der Waals surface area contributed by atoms with Gasteiger partial charge in [0.05, 0.1) is 6.07 Å². The van der Waals surface area contributed by atoms with E-state index in [1.165, 1.54) is 0 Å². The lowest BCUT2D eigenvalue weighted by Crippen LogP contribution is -1.97. The number of ketones is 1. The average molecular weight is 194 g/mol. The van der Waals surface area contributed by atoms with Crippen molar-refractivity contribution < 1.29 is 4.79 Å². The highest BCUT2D eigenvalue weighted by Crippen LogP contribution is 2.11. The molecule has 0 saturated heterocycles. The summed E-state index contributed by atoms with van der Waals surface area (Å²) in [7, 11) is 0. The molecule has 13 heavy (non-hydrogen) atoms. The molecule has 0 N–H and O–H groups in total. The minimum absolute atomic E-state index is 0.0155. The van der Waals surface area contributed by atoms with Gasteiger partial charge in [0.15, 0.2) is 5.78 Å². The van der Waals surface area contributed by atoms with Crippen molar-refractivity contribution in [2.24, 2.45) is 0 Å². The maximum atomic E-state index is 11.3. The number of nitriles is 1. The van der Waals surface area contributed by atoms with E-state index in [0.29, 0.717) is 10.6 Å². The van der Waals surface area contributed by atoms with Gasteiger partial charge in [-0.05, 0) is 24.3 Å². The van der Waals surface area contributed by atoms with Gasteiger partial charge in [0.1, 0.15) is 0 Å². The van der Waals surface area contributed by atoms with Crippen LogP contribution in [0.2, 0.25) is 5.02 Å². The van der Waals surface area contributed by atoms with E-state index >= 15 is 0 Å². The quantitative estimate of drug-likeness (QED) is 0.693. The van der Waals surface area contributed by atoms with Gasteiger partial charge in [-0.1, -0.05) is 11.6 Å². The van der Waals surface area contributed by atoms with Crippen molar-refractivity contribution in [3.63, 3.8) is 0 Å². The van der Waals surface area contributed by atoms with Gasteiger partial charge in [-0.3, -0.25) is 4.79 Å². The van der Waals surface area contributed by atoms with Crippen LogP contribution in [0.1, 0.15) is 23.2 Å². The van der Waals surface area contributed by atoms with Gasteiger partial charge in [-0.15, -0.1) is 0 Å². The van der Waals surface area contributed by atoms with Crippen LogP contribution < -0.4 is 0 Å². The van der Waals surface area contributed by atoms with Crippen LogP contribution >= 0.6 is 11.6 Å². The van der Waals surface area contributed by atoms with Crippen molar-refractivity contribution >= 4 is 17.4 Å². The fourth-order valence-electron chi connectivity index (χ4n) is 0.950. The van der Waals surface area contributed by atoms with E-state index in [1.807, 2.05) is 6.07 Å². The number of Topliss-reactive ketones (excluding diaryl/α,β-unsaturated/α-hetero) is 1. The maximum Gasteiger partial charge on any atom is 0.163 e. The second-order valence-corrected chi connectivity index (χ2v) is 3.02. The Labute approximate surface area is 81.7 Å². The van der Waals surface area contributed by atoms with Crippen molar-refractivity contribution in [2.75, 3.05) is 0 Å². The third kappa shape index (κ3) is 2.89. The summed E-state index contributed by atoms with van der Waals surface area (Å²) in [6.07, 6.45) is 0.541. The molecule has 0 bridgehead atoms. The van der Waals surface area contributed by atoms with Crippen LogP contribution in [0.15, 0.2) is 24.3 Å². The lowest BCUT2D eigenvalue weighted by atomic mass is 10.1. The van der Waals surface area contributed by atoms with E-state index in [9.17, 15) is 4.79 Å². The molecule has 0 saturated carbocycles. The fraction of sp³-hybridized carbons (Fsp3) is 0.200. The highest BCUT2D eigenvalue weighted by atomic mass is 35.5. The molecule has 3 heteroatoms. The first kappa shape index (κ1) is 9.76. The van der Waals surface area contributed by atoms with Gasteiger partial charge < -0.3 is 0 Å². The largest absolute Gasteiger partial charge is 0.294 e. The summed E-state index contributed by atoms with van der Waals surface area (Å²) in [4.78, 5) is 11.3. The number of carbonyl (C=O) groups excluding carboxylic acids is 1. The molecule has 0 fully saturated rings. The standard InChI is InChI=1S/C10H8ClNO/c11-9-5-3-8(4-6-9)10(13)2-1-7-12/h3-6H,1-2H2. The second kappa shape index (κ2) is 4.64. The maximum absolute atomic E-state index is 11.3. The van der Waals surface area contributed by atoms with Crippen molar-refractivity contribution in [3.8, 4) is 6.07 Å². The summed E-state index contributed by atoms with van der Waals surface area (Å²) < 4.78 is 0. The summed E-state index contributed by atoms with van der Waals surface area (Å²) >= 11 is 5.66. The Morgan fingerprint density at radius 1 is 1.38 bits per heavy atom. The van der Waals surface area contributed by atoms with Crippen LogP contribution in [-0.4, -0.2) is 5.78 Å². The number of hydrogen-bond donors (Lipinski definition) is 0. The Kier molecular flexibility index (Phi) is 3.48. The SMILES string of the molecule is N#CCCC(=O)c1ccc(Cl)cc1. The zero-order valence-electron chi connectivity index (χ0n) is 6.96. The molecule has 0 atom stereocenters. The molecular weight excluding hydrogens is 186 g/mol. The number of carbonyl (C=O) groups is 1. The average Bonchev–Trinajstić information content (AvgIpc) is 2.15. The Morgan fingerprint density at radius 2 is 2.00 bits per heavy atom. The Bertz CT molecular complexity index is 337. The van der Waals surface area contributed by atoms with Gasteiger partial charge in [0.2, 0.25) is 0 Å². The first-order valence-corrected chi connectivity index (χ1v) is 4.27. The molecule has 0 amide bonds. The zero-order valence-corrected chi connectivity index (χ0v) is 7.71. The van der Waals surface area contributed by atoms with Crippen molar-refractivity contribution in [1.29, 1.82) is 5.26 Å². The van der Waals surface area contributed by atoms with E-state index in [0.717, 1.165) is 0 Å². The first-order valence-electron chi connectivity index (χ1n) is 3.90. The summed E-state index contributed by atoms with van der Waals surface area (Å²) in [5.74, 6) is -0.0155. The van der Waals surface area contributed by atoms with Crippen molar-refractivity contribution in [3.05, 3.63) is 34.9 Å². The zero-order chi connectivity index (χ0) is 9.68. The van der Waals surface area contributed by atoms with Gasteiger partial charge in [-0.2, -0.15) is 5.26 Å². The molecule has 1 aromatic carbocycles. The van der Waals surface area contributed by atoms with E-state index < -0.39 is 0 Å². The van der Waals surface area contributed by atoms with Crippen molar-refractivity contribution in [1.82, 2.24) is 0 Å². The van der Waals surface area contributed by atoms with E-state index in [1.54, 1.807) is 24.3 Å². The minimum atomic E-state index is -0.0155. The highest BCUT2D eigenvalue weighted by molar-refractivity contribution is 6.30. The van der Waals surface area contributed by atoms with E-state index in [2.05, 4.69) is 0 Å². The molecule has 0 heterocycles. The lowest BCUT2D eigenvalue weighted by Gasteiger charge is -1.97. The summed E-state index contributed by atoms with van der Waals surface area (Å²) in [5, 5.41) is 8.89. The van der Waals surface area contributed by atoms with Crippen LogP contribution in [0.25, 0.3) is 0 Å². The van der Waals surface area contributed by atoms with Crippen LogP contribution in [0.3, 0.4) is 0 Å². The van der Waals surface area contributed by atoms with Gasteiger partial charge in [0.25, 0.3) is 0 Å². The highest BCUT2D eigenvalue weighted by Gasteiger charge is 2.03. The van der Waals surface area contributed by atoms with Crippen LogP contribution in [-0.2, 0) is 0 Å². The number of rotatable bonds is 3. The van der Waals surface area contributed by atoms with Gasteiger partial charge in [-0.25, -0.2) is 0 Å². The predicted molar refractivity (Wildman–Crippen MR) is 50.6 cm³/mol. The fourth-order valence-corrected chi connectivity index (χ4v) is 1.08. The molecule has 66 valence electrons. The van der Waals surface area contributed by atoms with Gasteiger partial charge >= 0.3 is 0 Å². The Hall–Kier alpha value is -1.33. The predicted octanol–water partition coefficient (Wildman–Crippen LogP) is 2.83. The normalized spacial score (nSPS) is 9.23. The molecule has 1 rings (SSSR count). The summed E-state index contributed by atoms with van der Waals surface area (Å²) in [5.41, 5.74) is 0.611. The second-order valence-electron chi connectivity index (χ2n) is 2.59. The molecule has 0 spiro atoms. The molecule has 0 aliphatic heterocycles. The van der Waals surface area contributed by atoms with E-state index in [-0.39, 0.29) is 18.6 Å². The molecule has 0 aliphatic rings. The topological polar surface area (TPSA) is 40.9 Å². The number of benzene rings is 1. The Morgan fingerprint density at radius 3 is 2.54 bits per heavy atom. The summed E-state index contributed by atoms with van der Waals surface area (Å²) in [6, 6.07) is 8.61. The molecule has 1 aromatic rings. The monoisotopic (exact) mass is 193 g/mol. The smallest absolute Gasteiger partial charge is 0.163 e. The van der Waals surface area contributed by atoms with Gasteiger partial charge in [0, 0.05) is 23.4 Å². The van der Waals surface area contributed by atoms with Crippen molar-refractivity contribution in [2.45, 2.75) is 12.8 Å². The van der Waals surface area contributed by atoms with Crippen LogP contribution in [0.4, 0.5) is 0 Å². The molecule has 0 aromatic heterocycles. The molecular formula is C10H8ClNO.